The molecule has 0 radical (unpaired) electrons. The number of aromatic nitrogens is 5. The van der Waals surface area contributed by atoms with E-state index in [1.54, 1.807) is 6.20 Å². The van der Waals surface area contributed by atoms with Gasteiger partial charge in [-0.3, -0.25) is 9.89 Å². The van der Waals surface area contributed by atoms with Crippen molar-refractivity contribution in [1.82, 2.24) is 29.9 Å². The first-order chi connectivity index (χ1) is 14.2. The lowest BCUT2D eigenvalue weighted by Gasteiger charge is -2.33. The van der Waals surface area contributed by atoms with Gasteiger partial charge in [0.25, 0.3) is 5.91 Å². The van der Waals surface area contributed by atoms with Gasteiger partial charge in [0.05, 0.1) is 18.3 Å². The number of benzene rings is 2. The van der Waals surface area contributed by atoms with E-state index in [4.69, 9.17) is 4.98 Å². The molecule has 3 heterocycles. The molecule has 144 valence electrons. The van der Waals surface area contributed by atoms with Crippen molar-refractivity contribution in [2.45, 2.75) is 19.5 Å². The summed E-state index contributed by atoms with van der Waals surface area (Å²) in [4.78, 5) is 19.7. The Morgan fingerprint density at radius 3 is 2.52 bits per heavy atom. The number of rotatable bonds is 3. The van der Waals surface area contributed by atoms with E-state index in [1.165, 1.54) is 0 Å². The Kier molecular flexibility index (Phi) is 4.20. The number of H-pyrrole nitrogens is 1. The van der Waals surface area contributed by atoms with E-state index in [1.807, 2.05) is 77.2 Å². The number of aromatic amines is 1. The molecule has 0 spiro atoms. The minimum Gasteiger partial charge on any atom is -0.327 e. The Labute approximate surface area is 168 Å². The van der Waals surface area contributed by atoms with Gasteiger partial charge in [-0.25, -0.2) is 9.67 Å². The summed E-state index contributed by atoms with van der Waals surface area (Å²) in [7, 11) is 0. The van der Waals surface area contributed by atoms with Gasteiger partial charge in [-0.15, -0.1) is 0 Å². The van der Waals surface area contributed by atoms with Crippen molar-refractivity contribution >= 4 is 5.91 Å². The number of nitrogens with zero attached hydrogens (tertiary/aromatic N) is 5. The molecule has 0 bridgehead atoms. The number of carbonyl (C=O) groups is 1. The Hall–Kier alpha value is -3.74. The largest absolute Gasteiger partial charge is 0.327 e. The zero-order valence-corrected chi connectivity index (χ0v) is 16.0. The second-order valence-electron chi connectivity index (χ2n) is 7.10. The highest BCUT2D eigenvalue weighted by Crippen LogP contribution is 2.28. The van der Waals surface area contributed by atoms with Crippen molar-refractivity contribution in [3.05, 3.63) is 78.2 Å². The molecule has 4 aromatic rings. The summed E-state index contributed by atoms with van der Waals surface area (Å²) in [6.07, 6.45) is 1.71. The van der Waals surface area contributed by atoms with Crippen LogP contribution in [-0.2, 0) is 6.54 Å². The summed E-state index contributed by atoms with van der Waals surface area (Å²) in [6.45, 7) is 3.25. The number of fused-ring (bicyclic) bond motifs is 1. The van der Waals surface area contributed by atoms with E-state index in [9.17, 15) is 4.79 Å². The molecule has 7 nitrogen and oxygen atoms in total. The minimum absolute atomic E-state index is 0.00386. The molecular weight excluding hydrogens is 364 g/mol. The molecule has 7 heteroatoms. The van der Waals surface area contributed by atoms with Crippen molar-refractivity contribution in [3.8, 4) is 22.6 Å². The van der Waals surface area contributed by atoms with Gasteiger partial charge in [-0.1, -0.05) is 42.5 Å². The maximum atomic E-state index is 13.1. The topological polar surface area (TPSA) is 79.7 Å². The van der Waals surface area contributed by atoms with Gasteiger partial charge in [0.1, 0.15) is 5.82 Å². The molecule has 2 aromatic heterocycles. The number of carbonyl (C=O) groups excluding carboxylic acids is 1. The number of hydrogen-bond donors (Lipinski definition) is 1. The molecule has 0 unspecified atom stereocenters. The second kappa shape index (κ2) is 7.01. The van der Waals surface area contributed by atoms with E-state index in [-0.39, 0.29) is 11.9 Å². The normalized spacial score (nSPS) is 15.9. The summed E-state index contributed by atoms with van der Waals surface area (Å²) in [5.74, 6) is 1.52. The third-order valence-corrected chi connectivity index (χ3v) is 5.33. The fourth-order valence-corrected chi connectivity index (χ4v) is 3.73. The molecule has 1 amide bonds. The molecule has 0 saturated carbocycles. The van der Waals surface area contributed by atoms with E-state index in [0.29, 0.717) is 24.5 Å². The Morgan fingerprint density at radius 2 is 1.79 bits per heavy atom. The molecule has 1 N–H and O–H groups in total. The average Bonchev–Trinajstić information content (AvgIpc) is 3.45. The Balaban J connectivity index is 1.39. The molecular formula is C22H20N6O. The van der Waals surface area contributed by atoms with Gasteiger partial charge in [0.2, 0.25) is 0 Å². The minimum atomic E-state index is -0.145. The van der Waals surface area contributed by atoms with Crippen LogP contribution in [-0.4, -0.2) is 42.3 Å². The lowest BCUT2D eigenvalue weighted by Crippen LogP contribution is -2.41. The van der Waals surface area contributed by atoms with Gasteiger partial charge in [0.15, 0.2) is 5.82 Å². The monoisotopic (exact) mass is 384 g/mol. The maximum Gasteiger partial charge on any atom is 0.254 e. The first-order valence-electron chi connectivity index (χ1n) is 9.61. The molecule has 29 heavy (non-hydrogen) atoms. The summed E-state index contributed by atoms with van der Waals surface area (Å²) < 4.78 is 1.91. The van der Waals surface area contributed by atoms with Crippen LogP contribution in [0.2, 0.25) is 0 Å². The van der Waals surface area contributed by atoms with Crippen molar-refractivity contribution in [1.29, 1.82) is 0 Å². The fraction of sp³-hybridized carbons (Fsp3) is 0.182. The predicted molar refractivity (Wildman–Crippen MR) is 109 cm³/mol. The van der Waals surface area contributed by atoms with Crippen LogP contribution in [0, 0.1) is 0 Å². The van der Waals surface area contributed by atoms with Crippen LogP contribution in [0.3, 0.4) is 0 Å². The Bertz CT molecular complexity index is 1130. The first-order valence-corrected chi connectivity index (χ1v) is 9.61. The smallest absolute Gasteiger partial charge is 0.254 e. The van der Waals surface area contributed by atoms with Crippen LogP contribution in [0.25, 0.3) is 22.6 Å². The van der Waals surface area contributed by atoms with Gasteiger partial charge in [0, 0.05) is 23.9 Å². The van der Waals surface area contributed by atoms with Crippen LogP contribution in [0.5, 0.6) is 0 Å². The second-order valence-corrected chi connectivity index (χ2v) is 7.10. The Morgan fingerprint density at radius 1 is 1.00 bits per heavy atom. The van der Waals surface area contributed by atoms with Crippen LogP contribution in [0.1, 0.15) is 29.1 Å². The average molecular weight is 384 g/mol. The van der Waals surface area contributed by atoms with E-state index < -0.39 is 0 Å². The van der Waals surface area contributed by atoms with Crippen molar-refractivity contribution in [2.75, 3.05) is 6.54 Å². The predicted octanol–water partition coefficient (Wildman–Crippen LogP) is 3.55. The van der Waals surface area contributed by atoms with Gasteiger partial charge < -0.3 is 4.90 Å². The van der Waals surface area contributed by atoms with Crippen molar-refractivity contribution in [3.63, 3.8) is 0 Å². The van der Waals surface area contributed by atoms with Gasteiger partial charge in [-0.05, 0) is 30.7 Å². The molecule has 2 aromatic carbocycles. The van der Waals surface area contributed by atoms with Gasteiger partial charge in [-0.2, -0.15) is 10.2 Å². The highest BCUT2D eigenvalue weighted by molar-refractivity contribution is 5.95. The molecule has 5 rings (SSSR count). The SMILES string of the molecule is C[C@H]1c2nc(-c3ccccc3)nn2CCN1C(=O)c1ccc(-c2ccn[nH]2)cc1. The summed E-state index contributed by atoms with van der Waals surface area (Å²) in [6, 6.07) is 19.3. The van der Waals surface area contributed by atoms with Crippen LogP contribution >= 0.6 is 0 Å². The van der Waals surface area contributed by atoms with Crippen molar-refractivity contribution in [2.24, 2.45) is 0 Å². The molecule has 1 aliphatic heterocycles. The molecule has 0 aliphatic carbocycles. The maximum absolute atomic E-state index is 13.1. The standard InChI is InChI=1S/C22H20N6O/c1-15-21-24-20(17-5-3-2-4-6-17)26-28(21)14-13-27(15)22(29)18-9-7-16(8-10-18)19-11-12-23-25-19/h2-12,15H,13-14H2,1H3,(H,23,25)/t15-/m0/s1. The number of hydrogen-bond acceptors (Lipinski definition) is 4. The van der Waals surface area contributed by atoms with Crippen LogP contribution in [0.15, 0.2) is 66.9 Å². The summed E-state index contributed by atoms with van der Waals surface area (Å²) in [5, 5.41) is 11.5. The van der Waals surface area contributed by atoms with Crippen LogP contribution < -0.4 is 0 Å². The van der Waals surface area contributed by atoms with Crippen LogP contribution in [0.4, 0.5) is 0 Å². The highest BCUT2D eigenvalue weighted by Gasteiger charge is 2.31. The quantitative estimate of drug-likeness (QED) is 0.586. The zero-order chi connectivity index (χ0) is 19.8. The third-order valence-electron chi connectivity index (χ3n) is 5.33. The third kappa shape index (κ3) is 3.10. The molecule has 0 saturated heterocycles. The number of nitrogens with one attached hydrogen (secondary N) is 1. The summed E-state index contributed by atoms with van der Waals surface area (Å²) in [5.41, 5.74) is 3.57. The lowest BCUT2D eigenvalue weighted by atomic mass is 10.1. The molecule has 1 atom stereocenters. The molecule has 1 aliphatic rings. The van der Waals surface area contributed by atoms with E-state index >= 15 is 0 Å². The number of amides is 1. The zero-order valence-electron chi connectivity index (χ0n) is 16.0. The van der Waals surface area contributed by atoms with Gasteiger partial charge >= 0.3 is 0 Å². The van der Waals surface area contributed by atoms with E-state index in [0.717, 1.165) is 22.6 Å². The summed E-state index contributed by atoms with van der Waals surface area (Å²) >= 11 is 0. The van der Waals surface area contributed by atoms with Crippen molar-refractivity contribution < 1.29 is 4.79 Å². The molecule has 0 fully saturated rings. The highest BCUT2D eigenvalue weighted by atomic mass is 16.2. The van der Waals surface area contributed by atoms with E-state index in [2.05, 4.69) is 15.3 Å². The fourth-order valence-electron chi connectivity index (χ4n) is 3.73. The first kappa shape index (κ1) is 17.4. The lowest BCUT2D eigenvalue weighted by molar-refractivity contribution is 0.0631.